The first-order valence-electron chi connectivity index (χ1n) is 24.5. The van der Waals surface area contributed by atoms with Gasteiger partial charge in [0, 0.05) is 65.9 Å². The molecule has 0 radical (unpaired) electrons. The predicted octanol–water partition coefficient (Wildman–Crippen LogP) is 5.63. The van der Waals surface area contributed by atoms with E-state index in [2.05, 4.69) is 50.8 Å². The van der Waals surface area contributed by atoms with Gasteiger partial charge in [0.25, 0.3) is 11.8 Å². The minimum absolute atomic E-state index is 0.0464. The van der Waals surface area contributed by atoms with E-state index in [1.54, 1.807) is 28.4 Å². The third-order valence-corrected chi connectivity index (χ3v) is 12.2. The summed E-state index contributed by atoms with van der Waals surface area (Å²) in [5.74, 6) is -0.681. The third-order valence-electron chi connectivity index (χ3n) is 12.2. The maximum atomic E-state index is 12.0. The topological polar surface area (TPSA) is 235 Å². The summed E-state index contributed by atoms with van der Waals surface area (Å²) in [5, 5.41) is 11.8. The molecule has 0 aliphatic carbocycles. The number of rotatable bonds is 25. The number of carboxylic acid groups (broad SMARTS) is 1. The minimum Gasteiger partial charge on any atom is -0.496 e. The Balaban J connectivity index is -0.000000902. The number of benzene rings is 1. The number of carbonyl (C=O) groups excluding carboxylic acids is 7. The fraction of sp³-hybridized carbons (Fsp3) is 0.692. The van der Waals surface area contributed by atoms with Gasteiger partial charge in [-0.1, -0.05) is 85.9 Å². The molecule has 0 bridgehead atoms. The van der Waals surface area contributed by atoms with Crippen molar-refractivity contribution >= 4 is 49.0 Å². The lowest BCUT2D eigenvalue weighted by atomic mass is 9.81. The zero-order chi connectivity index (χ0) is 54.4. The fourth-order valence-corrected chi connectivity index (χ4v) is 8.18. The summed E-state index contributed by atoms with van der Waals surface area (Å²) in [6, 6.07) is 7.73. The normalized spacial score (nSPS) is 16.8. The summed E-state index contributed by atoms with van der Waals surface area (Å²) in [5.41, 5.74) is 8.18. The number of hydrazine groups is 1. The Hall–Kier alpha value is -4.88. The molecule has 70 heavy (non-hydrogen) atoms. The van der Waals surface area contributed by atoms with Crippen LogP contribution < -0.4 is 15.9 Å². The van der Waals surface area contributed by atoms with E-state index in [4.69, 9.17) is 23.8 Å². The molecule has 18 heteroatoms. The maximum Gasteiger partial charge on any atom is 0.307 e. The average Bonchev–Trinajstić information content (AvgIpc) is 3.90. The summed E-state index contributed by atoms with van der Waals surface area (Å²) in [4.78, 5) is 90.6. The molecular formula is C52H92N6O12. The molecule has 4 N–H and O–H groups in total. The first-order chi connectivity index (χ1) is 33.2. The molecule has 1 aromatic carbocycles. The van der Waals surface area contributed by atoms with Crippen LogP contribution in [0.25, 0.3) is 0 Å². The van der Waals surface area contributed by atoms with Gasteiger partial charge in [0.2, 0.25) is 12.3 Å². The van der Waals surface area contributed by atoms with Gasteiger partial charge in [0.1, 0.15) is 24.6 Å². The Morgan fingerprint density at radius 2 is 1.50 bits per heavy atom. The molecule has 402 valence electrons. The van der Waals surface area contributed by atoms with Gasteiger partial charge in [0.15, 0.2) is 0 Å². The van der Waals surface area contributed by atoms with Crippen molar-refractivity contribution in [2.24, 2.45) is 29.4 Å². The number of likely N-dealkylation sites (tertiary alicyclic amines) is 1. The summed E-state index contributed by atoms with van der Waals surface area (Å²) >= 11 is 0. The smallest absolute Gasteiger partial charge is 0.307 e. The van der Waals surface area contributed by atoms with Crippen molar-refractivity contribution in [2.45, 2.75) is 150 Å². The molecule has 4 amide bonds. The molecule has 8 atom stereocenters. The van der Waals surface area contributed by atoms with Crippen LogP contribution in [-0.4, -0.2) is 167 Å². The summed E-state index contributed by atoms with van der Waals surface area (Å²) in [6.45, 7) is 17.2. The van der Waals surface area contributed by atoms with E-state index in [0.29, 0.717) is 44.6 Å². The van der Waals surface area contributed by atoms with Crippen molar-refractivity contribution in [2.75, 3.05) is 62.6 Å². The Labute approximate surface area is 420 Å². The van der Waals surface area contributed by atoms with Crippen LogP contribution in [-0.2, 0) is 54.3 Å². The number of imide groups is 1. The quantitative estimate of drug-likeness (QED) is 0.0466. The van der Waals surface area contributed by atoms with E-state index in [9.17, 15) is 33.9 Å². The summed E-state index contributed by atoms with van der Waals surface area (Å²) < 4.78 is 16.5. The number of nitrogens with one attached hydrogen (secondary N) is 1. The maximum absolute atomic E-state index is 12.0. The molecule has 2 aliphatic heterocycles. The number of nitrogens with zero attached hydrogens (tertiary/aromatic N) is 4. The molecule has 1 saturated heterocycles. The van der Waals surface area contributed by atoms with Gasteiger partial charge in [-0.25, -0.2) is 5.01 Å². The molecule has 2 heterocycles. The Kier molecular flexibility index (Phi) is 41.5. The number of nitrogens with two attached hydrogens (primary N) is 1. The second kappa shape index (κ2) is 41.9. The molecule has 3 rings (SSSR count). The van der Waals surface area contributed by atoms with Crippen molar-refractivity contribution in [3.05, 3.63) is 42.0 Å². The van der Waals surface area contributed by atoms with E-state index in [1.165, 1.54) is 35.3 Å². The molecule has 2 aliphatic rings. The third kappa shape index (κ3) is 26.4. The van der Waals surface area contributed by atoms with Gasteiger partial charge >= 0.3 is 5.97 Å². The van der Waals surface area contributed by atoms with Crippen LogP contribution in [0.2, 0.25) is 0 Å². The van der Waals surface area contributed by atoms with Crippen molar-refractivity contribution in [3.8, 4) is 5.75 Å². The molecule has 0 spiro atoms. The highest BCUT2D eigenvalue weighted by Gasteiger charge is 2.39. The van der Waals surface area contributed by atoms with E-state index < -0.39 is 17.9 Å². The van der Waals surface area contributed by atoms with E-state index in [0.717, 1.165) is 62.4 Å². The van der Waals surface area contributed by atoms with Crippen molar-refractivity contribution in [1.82, 2.24) is 25.1 Å². The van der Waals surface area contributed by atoms with Gasteiger partial charge in [-0.2, -0.15) is 0 Å². The number of carboxylic acids is 1. The lowest BCUT2D eigenvalue weighted by Gasteiger charge is -2.36. The number of hydrogen-bond acceptors (Lipinski definition) is 14. The lowest BCUT2D eigenvalue weighted by Crippen LogP contribution is -2.51. The summed E-state index contributed by atoms with van der Waals surface area (Å²) in [7, 11) is 12.6. The van der Waals surface area contributed by atoms with Crippen LogP contribution >= 0.6 is 0 Å². The molecule has 0 aromatic heterocycles. The SMILES string of the molecule is CC(C)C(C=O)N(C)C(=O)CCCCCN1C(=O)C=CC1=O.CC=O.CCC.CCC(C)C(C(CC=O)OC)N(C)NC.COc1ccccc1CC(C(=O)O)C(C)C(OC)C1CCCN1C.NC=O. The van der Waals surface area contributed by atoms with Crippen LogP contribution in [0.15, 0.2) is 36.4 Å². The van der Waals surface area contributed by atoms with Gasteiger partial charge in [-0.15, -0.1) is 0 Å². The molecule has 1 fully saturated rings. The van der Waals surface area contributed by atoms with E-state index >= 15 is 0 Å². The number of unbranched alkanes of at least 4 members (excludes halogenated alkanes) is 2. The van der Waals surface area contributed by atoms with Crippen LogP contribution in [0.5, 0.6) is 5.75 Å². The number of aldehydes is 3. The van der Waals surface area contributed by atoms with E-state index in [1.807, 2.05) is 64.1 Å². The molecular weight excluding hydrogens is 901 g/mol. The van der Waals surface area contributed by atoms with Gasteiger partial charge < -0.3 is 49.2 Å². The minimum atomic E-state index is -0.781. The van der Waals surface area contributed by atoms with Crippen molar-refractivity contribution in [1.29, 1.82) is 0 Å². The Morgan fingerprint density at radius 3 is 1.91 bits per heavy atom. The van der Waals surface area contributed by atoms with Gasteiger partial charge in [-0.05, 0) is 89.1 Å². The predicted molar refractivity (Wildman–Crippen MR) is 275 cm³/mol. The number of para-hydroxylation sites is 1. The second-order valence-corrected chi connectivity index (χ2v) is 17.5. The number of hydrogen-bond donors (Lipinski definition) is 3. The fourth-order valence-electron chi connectivity index (χ4n) is 8.18. The monoisotopic (exact) mass is 993 g/mol. The van der Waals surface area contributed by atoms with Crippen LogP contribution in [0.4, 0.5) is 0 Å². The Morgan fingerprint density at radius 1 is 0.943 bits per heavy atom. The largest absolute Gasteiger partial charge is 0.496 e. The number of ether oxygens (including phenoxy) is 3. The van der Waals surface area contributed by atoms with E-state index in [-0.39, 0.29) is 60.3 Å². The zero-order valence-electron chi connectivity index (χ0n) is 45.3. The van der Waals surface area contributed by atoms with Crippen LogP contribution in [0.1, 0.15) is 119 Å². The number of likely N-dealkylation sites (N-methyl/N-ethyl adjacent to an activating group) is 3. The number of methoxy groups -OCH3 is 3. The highest BCUT2D eigenvalue weighted by molar-refractivity contribution is 6.12. The lowest BCUT2D eigenvalue weighted by molar-refractivity contribution is -0.146. The summed E-state index contributed by atoms with van der Waals surface area (Å²) in [6.07, 6.45) is 13.0. The van der Waals surface area contributed by atoms with Crippen LogP contribution in [0.3, 0.4) is 0 Å². The number of primary amides is 1. The molecule has 0 saturated carbocycles. The number of aliphatic carboxylic acids is 1. The molecule has 8 unspecified atom stereocenters. The molecule has 1 aromatic rings. The van der Waals surface area contributed by atoms with Gasteiger partial charge in [-0.3, -0.25) is 34.3 Å². The number of amides is 4. The Bertz CT molecular complexity index is 1610. The van der Waals surface area contributed by atoms with Crippen molar-refractivity contribution in [3.63, 3.8) is 0 Å². The first kappa shape index (κ1) is 69.4. The highest BCUT2D eigenvalue weighted by Crippen LogP contribution is 2.32. The standard InChI is InChI=1S/C19H29NO4.C16H24N2O4.C11H24N2O2.C3H8.C2H4O.CH3NO/c1-13(18(24-4)16-9-7-11-20(16)2)15(19(21)22)12-14-8-5-6-10-17(14)23-3;1-12(2)13(11-19)17(3)14(20)7-5-4-6-10-18-15(21)8-9-16(18)22;1-6-9(2)11(13(4)12-3)10(15-5)7-8-14;1-3-2;1-2-3;2-1-3/h5-6,8,10,13,15-16,18H,7,9,11-12H2,1-4H3,(H,21,22);8-9,11-13H,4-7,10H2,1-3H3;8-12H,6-7H2,1-5H3;3H2,1-2H3;2H,1H3;1H,(H2,2,3). The average molecular weight is 993 g/mol. The zero-order valence-corrected chi connectivity index (χ0v) is 45.3. The van der Waals surface area contributed by atoms with Crippen molar-refractivity contribution < 1.29 is 57.7 Å². The number of carbonyl (C=O) groups is 8. The van der Waals surface area contributed by atoms with Crippen LogP contribution in [0, 0.1) is 23.7 Å². The molecule has 18 nitrogen and oxygen atoms in total. The highest BCUT2D eigenvalue weighted by atomic mass is 16.5. The second-order valence-electron chi connectivity index (χ2n) is 17.5. The van der Waals surface area contributed by atoms with Gasteiger partial charge in [0.05, 0.1) is 37.3 Å². The first-order valence-corrected chi connectivity index (χ1v) is 24.5.